The number of imidazole rings is 1. The highest BCUT2D eigenvalue weighted by molar-refractivity contribution is 5.93. The van der Waals surface area contributed by atoms with E-state index >= 15 is 0 Å². The van der Waals surface area contributed by atoms with Gasteiger partial charge in [0.2, 0.25) is 0 Å². The second-order valence-electron chi connectivity index (χ2n) is 6.91. The lowest BCUT2D eigenvalue weighted by Crippen LogP contribution is -2.49. The van der Waals surface area contributed by atoms with E-state index in [2.05, 4.69) is 45.3 Å². The molecule has 1 fully saturated rings. The van der Waals surface area contributed by atoms with Crippen LogP contribution in [-0.2, 0) is 0 Å². The van der Waals surface area contributed by atoms with Crippen LogP contribution in [-0.4, -0.2) is 50.2 Å². The van der Waals surface area contributed by atoms with Gasteiger partial charge in [-0.15, -0.1) is 5.10 Å². The normalized spacial score (nSPS) is 18.1. The highest BCUT2D eigenvalue weighted by Crippen LogP contribution is 2.30. The van der Waals surface area contributed by atoms with Crippen molar-refractivity contribution in [3.8, 4) is 11.3 Å². The summed E-state index contributed by atoms with van der Waals surface area (Å²) in [6, 6.07) is 8.68. The van der Waals surface area contributed by atoms with E-state index < -0.39 is 0 Å². The summed E-state index contributed by atoms with van der Waals surface area (Å²) >= 11 is 0. The maximum absolute atomic E-state index is 4.94. The van der Waals surface area contributed by atoms with Gasteiger partial charge in [0.1, 0.15) is 11.5 Å². The molecule has 7 nitrogen and oxygen atoms in total. The van der Waals surface area contributed by atoms with E-state index in [1.807, 2.05) is 29.9 Å². The Morgan fingerprint density at radius 3 is 3.00 bits per heavy atom. The smallest absolute Gasteiger partial charge is 0.154 e. The van der Waals surface area contributed by atoms with E-state index in [-0.39, 0.29) is 0 Å². The van der Waals surface area contributed by atoms with E-state index in [1.54, 1.807) is 0 Å². The second-order valence-corrected chi connectivity index (χ2v) is 6.91. The van der Waals surface area contributed by atoms with E-state index in [1.165, 1.54) is 0 Å². The van der Waals surface area contributed by atoms with Crippen LogP contribution < -0.4 is 10.2 Å². The molecular formula is C19H21N7. The maximum Gasteiger partial charge on any atom is 0.154 e. The number of fused-ring (bicyclic) bond motifs is 2. The zero-order chi connectivity index (χ0) is 17.7. The molecule has 0 aliphatic carbocycles. The van der Waals surface area contributed by atoms with Crippen LogP contribution in [0, 0.1) is 6.92 Å². The number of anilines is 1. The summed E-state index contributed by atoms with van der Waals surface area (Å²) in [4.78, 5) is 14.6. The molecule has 0 aromatic carbocycles. The predicted molar refractivity (Wildman–Crippen MR) is 102 cm³/mol. The third kappa shape index (κ3) is 2.35. The first kappa shape index (κ1) is 15.3. The van der Waals surface area contributed by atoms with Gasteiger partial charge >= 0.3 is 0 Å². The van der Waals surface area contributed by atoms with Crippen LogP contribution in [0.15, 0.2) is 36.7 Å². The lowest BCUT2D eigenvalue weighted by Gasteiger charge is -2.32. The lowest BCUT2D eigenvalue weighted by molar-refractivity contribution is 0.481. The van der Waals surface area contributed by atoms with Gasteiger partial charge in [-0.2, -0.15) is 0 Å². The molecule has 1 atom stereocenters. The lowest BCUT2D eigenvalue weighted by atomic mass is 10.1. The topological polar surface area (TPSA) is 74.1 Å². The summed E-state index contributed by atoms with van der Waals surface area (Å²) < 4.78 is 1.97. The number of aromatic nitrogens is 5. The molecule has 26 heavy (non-hydrogen) atoms. The molecule has 1 unspecified atom stereocenters. The molecule has 0 saturated carbocycles. The Morgan fingerprint density at radius 2 is 2.12 bits per heavy atom. The summed E-state index contributed by atoms with van der Waals surface area (Å²) in [5.74, 6) is 0.990. The third-order valence-electron chi connectivity index (χ3n) is 5.05. The molecule has 0 amide bonds. The fourth-order valence-corrected chi connectivity index (χ4v) is 3.82. The van der Waals surface area contributed by atoms with Crippen LogP contribution >= 0.6 is 0 Å². The van der Waals surface area contributed by atoms with Gasteiger partial charge in [-0.05, 0) is 38.1 Å². The minimum absolute atomic E-state index is 0.463. The van der Waals surface area contributed by atoms with Crippen LogP contribution in [0.5, 0.6) is 0 Å². The van der Waals surface area contributed by atoms with Crippen molar-refractivity contribution in [1.82, 2.24) is 29.9 Å². The number of aryl methyl sites for hydroxylation is 1. The van der Waals surface area contributed by atoms with Crippen LogP contribution in [0.1, 0.15) is 12.6 Å². The van der Waals surface area contributed by atoms with Crippen molar-refractivity contribution in [1.29, 1.82) is 0 Å². The van der Waals surface area contributed by atoms with Crippen molar-refractivity contribution in [2.45, 2.75) is 19.9 Å². The fraction of sp³-hybridized carbons (Fsp3) is 0.316. The van der Waals surface area contributed by atoms with Crippen LogP contribution in [0.4, 0.5) is 5.82 Å². The number of nitrogens with one attached hydrogen (secondary N) is 2. The monoisotopic (exact) mass is 347 g/mol. The number of hydrogen-bond acceptors (Lipinski definition) is 5. The average Bonchev–Trinajstić information content (AvgIpc) is 3.24. The van der Waals surface area contributed by atoms with Gasteiger partial charge in [-0.1, -0.05) is 0 Å². The Labute approximate surface area is 151 Å². The Hall–Kier alpha value is -2.93. The van der Waals surface area contributed by atoms with Crippen LogP contribution in [0.25, 0.3) is 27.9 Å². The molecule has 4 aromatic rings. The zero-order valence-corrected chi connectivity index (χ0v) is 14.9. The maximum atomic E-state index is 4.94. The molecule has 1 saturated heterocycles. The van der Waals surface area contributed by atoms with Crippen molar-refractivity contribution in [3.05, 3.63) is 42.4 Å². The molecule has 7 heteroatoms. The number of piperazine rings is 1. The highest BCUT2D eigenvalue weighted by atomic mass is 15.3. The first-order valence-corrected chi connectivity index (χ1v) is 8.98. The summed E-state index contributed by atoms with van der Waals surface area (Å²) in [6.45, 7) is 7.14. The van der Waals surface area contributed by atoms with E-state index in [4.69, 9.17) is 10.1 Å². The Bertz CT molecular complexity index is 1090. The summed E-state index contributed by atoms with van der Waals surface area (Å²) in [7, 11) is 0. The molecule has 132 valence electrons. The standard InChI is InChI=1S/C19H21N7/c1-12-11-25(10-9-20-12)17-4-3-16-23-13(2)18(26(16)24-17)14-5-7-21-19-15(14)6-8-22-19/h3-8,12,20H,9-11H2,1-2H3,(H,21,22). The van der Waals surface area contributed by atoms with Gasteiger partial charge in [0.25, 0.3) is 0 Å². The Balaban J connectivity index is 1.69. The average molecular weight is 347 g/mol. The van der Waals surface area contributed by atoms with Crippen molar-refractivity contribution in [2.75, 3.05) is 24.5 Å². The van der Waals surface area contributed by atoms with Gasteiger partial charge in [0.05, 0.1) is 11.4 Å². The quantitative estimate of drug-likeness (QED) is 0.582. The van der Waals surface area contributed by atoms with E-state index in [0.717, 1.165) is 59.1 Å². The second kappa shape index (κ2) is 5.81. The number of aromatic amines is 1. The van der Waals surface area contributed by atoms with Gasteiger partial charge in [0, 0.05) is 49.0 Å². The summed E-state index contributed by atoms with van der Waals surface area (Å²) in [5.41, 5.74) is 4.84. The van der Waals surface area contributed by atoms with Crippen molar-refractivity contribution < 1.29 is 0 Å². The van der Waals surface area contributed by atoms with Crippen molar-refractivity contribution >= 4 is 22.5 Å². The predicted octanol–water partition coefficient (Wildman–Crippen LogP) is 2.38. The van der Waals surface area contributed by atoms with E-state index in [0.29, 0.717) is 6.04 Å². The molecule has 5 rings (SSSR count). The van der Waals surface area contributed by atoms with E-state index in [9.17, 15) is 0 Å². The molecular weight excluding hydrogens is 326 g/mol. The van der Waals surface area contributed by atoms with Crippen LogP contribution in [0.3, 0.4) is 0 Å². The van der Waals surface area contributed by atoms with Gasteiger partial charge in [-0.25, -0.2) is 14.5 Å². The van der Waals surface area contributed by atoms with Gasteiger partial charge in [0.15, 0.2) is 5.65 Å². The molecule has 0 bridgehead atoms. The largest absolute Gasteiger partial charge is 0.352 e. The van der Waals surface area contributed by atoms with Crippen molar-refractivity contribution in [3.63, 3.8) is 0 Å². The Morgan fingerprint density at radius 1 is 1.19 bits per heavy atom. The number of pyridine rings is 1. The molecule has 1 aliphatic heterocycles. The fourth-order valence-electron chi connectivity index (χ4n) is 3.82. The van der Waals surface area contributed by atoms with Gasteiger partial charge < -0.3 is 15.2 Å². The minimum atomic E-state index is 0.463. The van der Waals surface area contributed by atoms with Crippen molar-refractivity contribution in [2.24, 2.45) is 0 Å². The number of hydrogen-bond donors (Lipinski definition) is 2. The highest BCUT2D eigenvalue weighted by Gasteiger charge is 2.20. The SMILES string of the molecule is Cc1nc2ccc(N3CCNC(C)C3)nn2c1-c1ccnc2[nH]ccc12. The first-order valence-electron chi connectivity index (χ1n) is 8.98. The molecule has 4 aromatic heterocycles. The summed E-state index contributed by atoms with van der Waals surface area (Å²) in [6.07, 6.45) is 3.75. The number of H-pyrrole nitrogens is 1. The number of rotatable bonds is 2. The van der Waals surface area contributed by atoms with Gasteiger partial charge in [-0.3, -0.25) is 0 Å². The molecule has 0 radical (unpaired) electrons. The Kier molecular flexibility index (Phi) is 3.43. The molecule has 0 spiro atoms. The summed E-state index contributed by atoms with van der Waals surface area (Å²) in [5, 5.41) is 9.51. The molecule has 5 heterocycles. The molecule has 2 N–H and O–H groups in total. The third-order valence-corrected chi connectivity index (χ3v) is 5.05. The molecule has 1 aliphatic rings. The minimum Gasteiger partial charge on any atom is -0.352 e. The number of nitrogens with zero attached hydrogens (tertiary/aromatic N) is 5. The van der Waals surface area contributed by atoms with Crippen LogP contribution in [0.2, 0.25) is 0 Å². The zero-order valence-electron chi connectivity index (χ0n) is 14.9. The first-order chi connectivity index (χ1) is 12.7.